The highest BCUT2D eigenvalue weighted by atomic mass is 32.1. The molecule has 0 atom stereocenters. The summed E-state index contributed by atoms with van der Waals surface area (Å²) in [5.41, 5.74) is 2.02. The van der Waals surface area contributed by atoms with Crippen LogP contribution >= 0.6 is 11.3 Å². The minimum Gasteiger partial charge on any atom is -0.497 e. The third-order valence-corrected chi connectivity index (χ3v) is 5.88. The minimum atomic E-state index is -0.388. The van der Waals surface area contributed by atoms with Gasteiger partial charge in [-0.1, -0.05) is 6.07 Å². The summed E-state index contributed by atoms with van der Waals surface area (Å²) >= 11 is 1.27. The van der Waals surface area contributed by atoms with Gasteiger partial charge in [0.15, 0.2) is 10.9 Å². The Bertz CT molecular complexity index is 1360. The van der Waals surface area contributed by atoms with E-state index < -0.39 is 0 Å². The second kappa shape index (κ2) is 7.93. The lowest BCUT2D eigenvalue weighted by molar-refractivity contribution is -0.121. The molecule has 0 radical (unpaired) electrons. The van der Waals surface area contributed by atoms with E-state index in [1.54, 1.807) is 30.7 Å². The highest BCUT2D eigenvalue weighted by Crippen LogP contribution is 2.32. The summed E-state index contributed by atoms with van der Waals surface area (Å²) in [5.74, 6) is 0.399. The van der Waals surface area contributed by atoms with Crippen LogP contribution in [0.5, 0.6) is 5.75 Å². The quantitative estimate of drug-likeness (QED) is 0.453. The molecule has 2 aromatic heterocycles. The van der Waals surface area contributed by atoms with Crippen molar-refractivity contribution in [1.82, 2.24) is 4.98 Å². The smallest absolute Gasteiger partial charge is 0.257 e. The minimum absolute atomic E-state index is 0.186. The van der Waals surface area contributed by atoms with Crippen LogP contribution in [0, 0.1) is 0 Å². The number of methoxy groups -OCH3 is 1. The first-order valence-electron chi connectivity index (χ1n) is 9.82. The summed E-state index contributed by atoms with van der Waals surface area (Å²) in [6.45, 7) is 0. The number of thiazole rings is 1. The maximum atomic E-state index is 12.7. The molecule has 32 heavy (non-hydrogen) atoms. The molecule has 1 N–H and O–H groups in total. The van der Waals surface area contributed by atoms with E-state index in [1.807, 2.05) is 24.3 Å². The Hall–Kier alpha value is -3.98. The van der Waals surface area contributed by atoms with Gasteiger partial charge in [0.1, 0.15) is 17.0 Å². The zero-order valence-corrected chi connectivity index (χ0v) is 17.8. The number of carbonyl (C=O) groups excluding carboxylic acids is 3. The van der Waals surface area contributed by atoms with Crippen LogP contribution in [-0.2, 0) is 9.59 Å². The Balaban J connectivity index is 1.35. The van der Waals surface area contributed by atoms with Gasteiger partial charge in [-0.05, 0) is 42.5 Å². The van der Waals surface area contributed by atoms with Crippen molar-refractivity contribution in [3.63, 3.8) is 0 Å². The van der Waals surface area contributed by atoms with Crippen LogP contribution in [0.3, 0.4) is 0 Å². The molecule has 4 aromatic rings. The molecule has 8 nitrogen and oxygen atoms in total. The second-order valence-electron chi connectivity index (χ2n) is 7.18. The Morgan fingerprint density at radius 3 is 2.72 bits per heavy atom. The zero-order valence-electron chi connectivity index (χ0n) is 17.0. The Morgan fingerprint density at radius 1 is 1.12 bits per heavy atom. The van der Waals surface area contributed by atoms with Gasteiger partial charge in [-0.15, -0.1) is 11.3 Å². The molecular formula is C23H17N3O5S. The van der Waals surface area contributed by atoms with Crippen molar-refractivity contribution in [2.24, 2.45) is 0 Å². The molecule has 1 aliphatic rings. The third kappa shape index (κ3) is 3.63. The van der Waals surface area contributed by atoms with E-state index in [-0.39, 0.29) is 30.6 Å². The highest BCUT2D eigenvalue weighted by Gasteiger charge is 2.30. The number of hydrogen-bond donors (Lipinski definition) is 1. The summed E-state index contributed by atoms with van der Waals surface area (Å²) < 4.78 is 11.1. The average molecular weight is 447 g/mol. The number of carbonyl (C=O) groups is 3. The maximum absolute atomic E-state index is 12.7. The summed E-state index contributed by atoms with van der Waals surface area (Å²) in [6.07, 6.45) is 0.372. The molecule has 1 fully saturated rings. The van der Waals surface area contributed by atoms with Gasteiger partial charge < -0.3 is 9.15 Å². The number of benzene rings is 2. The fourth-order valence-corrected chi connectivity index (χ4v) is 4.23. The number of amides is 3. The van der Waals surface area contributed by atoms with E-state index in [0.717, 1.165) is 16.0 Å². The molecule has 9 heteroatoms. The number of nitrogens with zero attached hydrogens (tertiary/aromatic N) is 2. The SMILES string of the molecule is COc1ccc2oc(-c3csc(NC(=O)c4cccc(N5C(=O)CCC5=O)c4)n3)cc2c1. The van der Waals surface area contributed by atoms with Crippen LogP contribution < -0.4 is 15.0 Å². The van der Waals surface area contributed by atoms with Crippen LogP contribution in [-0.4, -0.2) is 29.8 Å². The van der Waals surface area contributed by atoms with Crippen LogP contribution in [0.15, 0.2) is 58.3 Å². The summed E-state index contributed by atoms with van der Waals surface area (Å²) in [5, 5.41) is 5.85. The zero-order chi connectivity index (χ0) is 22.2. The van der Waals surface area contributed by atoms with Crippen molar-refractivity contribution < 1.29 is 23.5 Å². The van der Waals surface area contributed by atoms with Crippen molar-refractivity contribution in [3.8, 4) is 17.2 Å². The van der Waals surface area contributed by atoms with Crippen LogP contribution in [0.2, 0.25) is 0 Å². The van der Waals surface area contributed by atoms with Crippen molar-refractivity contribution in [1.29, 1.82) is 0 Å². The average Bonchev–Trinajstić information content (AvgIpc) is 3.51. The molecule has 0 saturated carbocycles. The Labute approximate surface area is 186 Å². The van der Waals surface area contributed by atoms with Crippen molar-refractivity contribution in [2.75, 3.05) is 17.3 Å². The van der Waals surface area contributed by atoms with Crippen molar-refractivity contribution in [2.45, 2.75) is 12.8 Å². The highest BCUT2D eigenvalue weighted by molar-refractivity contribution is 7.14. The largest absolute Gasteiger partial charge is 0.497 e. The Kier molecular flexibility index (Phi) is 4.95. The number of imide groups is 1. The molecule has 3 amide bonds. The fraction of sp³-hybridized carbons (Fsp3) is 0.130. The molecule has 5 rings (SSSR count). The summed E-state index contributed by atoms with van der Waals surface area (Å²) in [4.78, 5) is 42.3. The summed E-state index contributed by atoms with van der Waals surface area (Å²) in [6, 6.07) is 13.8. The first kappa shape index (κ1) is 20.0. The lowest BCUT2D eigenvalue weighted by Crippen LogP contribution is -2.28. The van der Waals surface area contributed by atoms with Crippen molar-refractivity contribution >= 4 is 50.8 Å². The predicted octanol–water partition coefficient (Wildman–Crippen LogP) is 4.47. The standard InChI is InChI=1S/C23H17N3O5S/c1-30-16-5-6-18-14(10-16)11-19(31-18)17-12-32-23(24-17)25-22(29)13-3-2-4-15(9-13)26-20(27)7-8-21(26)28/h2-6,9-12H,7-8H2,1H3,(H,24,25,29). The first-order valence-corrected chi connectivity index (χ1v) is 10.7. The molecule has 1 aliphatic heterocycles. The topological polar surface area (TPSA) is 102 Å². The monoisotopic (exact) mass is 447 g/mol. The van der Waals surface area contributed by atoms with Gasteiger partial charge in [-0.2, -0.15) is 0 Å². The third-order valence-electron chi connectivity index (χ3n) is 5.12. The van der Waals surface area contributed by atoms with E-state index >= 15 is 0 Å². The van der Waals surface area contributed by atoms with Crippen molar-refractivity contribution in [3.05, 3.63) is 59.5 Å². The number of rotatable bonds is 5. The molecule has 0 unspecified atom stereocenters. The van der Waals surface area contributed by atoms with E-state index in [1.165, 1.54) is 17.4 Å². The van der Waals surface area contributed by atoms with Crippen LogP contribution in [0.1, 0.15) is 23.2 Å². The van der Waals surface area contributed by atoms with Gasteiger partial charge >= 0.3 is 0 Å². The molecular weight excluding hydrogens is 430 g/mol. The van der Waals surface area contributed by atoms with E-state index in [4.69, 9.17) is 9.15 Å². The number of hydrogen-bond acceptors (Lipinski definition) is 7. The van der Waals surface area contributed by atoms with Gasteiger partial charge in [0, 0.05) is 29.2 Å². The van der Waals surface area contributed by atoms with Crippen LogP contribution in [0.25, 0.3) is 22.4 Å². The molecule has 0 spiro atoms. The lowest BCUT2D eigenvalue weighted by Gasteiger charge is -2.14. The van der Waals surface area contributed by atoms with E-state index in [9.17, 15) is 14.4 Å². The van der Waals surface area contributed by atoms with Crippen LogP contribution in [0.4, 0.5) is 10.8 Å². The van der Waals surface area contributed by atoms with E-state index in [2.05, 4.69) is 10.3 Å². The van der Waals surface area contributed by atoms with E-state index in [0.29, 0.717) is 33.4 Å². The normalized spacial score (nSPS) is 13.7. The van der Waals surface area contributed by atoms with Gasteiger partial charge in [-0.25, -0.2) is 4.98 Å². The maximum Gasteiger partial charge on any atom is 0.257 e. The molecule has 2 aromatic carbocycles. The van der Waals surface area contributed by atoms with Gasteiger partial charge in [0.05, 0.1) is 12.8 Å². The number of nitrogens with one attached hydrogen (secondary N) is 1. The molecule has 0 bridgehead atoms. The first-order chi connectivity index (χ1) is 15.5. The number of anilines is 2. The lowest BCUT2D eigenvalue weighted by atomic mass is 10.2. The molecule has 3 heterocycles. The Morgan fingerprint density at radius 2 is 1.94 bits per heavy atom. The van der Waals surface area contributed by atoms with Gasteiger partial charge in [-0.3, -0.25) is 24.6 Å². The summed E-state index contributed by atoms with van der Waals surface area (Å²) in [7, 11) is 1.61. The number of furan rings is 1. The molecule has 160 valence electrons. The number of aromatic nitrogens is 1. The number of ether oxygens (including phenoxy) is 1. The second-order valence-corrected chi connectivity index (χ2v) is 8.04. The number of fused-ring (bicyclic) bond motifs is 1. The van der Waals surface area contributed by atoms with Gasteiger partial charge in [0.2, 0.25) is 11.8 Å². The van der Waals surface area contributed by atoms with Gasteiger partial charge in [0.25, 0.3) is 5.91 Å². The predicted molar refractivity (Wildman–Crippen MR) is 120 cm³/mol. The molecule has 0 aliphatic carbocycles. The fourth-order valence-electron chi connectivity index (χ4n) is 3.54. The molecule has 1 saturated heterocycles.